The third-order valence-electron chi connectivity index (χ3n) is 3.20. The number of hydrogen-bond donors (Lipinski definition) is 1. The molecule has 1 aromatic carbocycles. The standard InChI is InChI=1S/C14H16N4O2/c1-17-6-7-18(10-14(17)20)9-13(19)16-12-4-2-11(8-15)3-5-12/h2-5H,6-7,9-10H2,1H3,(H,16,19). The molecule has 104 valence electrons. The highest BCUT2D eigenvalue weighted by molar-refractivity contribution is 5.92. The number of nitriles is 1. The number of benzene rings is 1. The van der Waals surface area contributed by atoms with Crippen LogP contribution in [0, 0.1) is 11.3 Å². The van der Waals surface area contributed by atoms with Crippen LogP contribution in [0.2, 0.25) is 0 Å². The van der Waals surface area contributed by atoms with Crippen LogP contribution in [-0.4, -0.2) is 54.8 Å². The van der Waals surface area contributed by atoms with Gasteiger partial charge < -0.3 is 10.2 Å². The summed E-state index contributed by atoms with van der Waals surface area (Å²) in [6.45, 7) is 1.81. The monoisotopic (exact) mass is 272 g/mol. The first-order chi connectivity index (χ1) is 9.58. The fraction of sp³-hybridized carbons (Fsp3) is 0.357. The number of carbonyl (C=O) groups is 2. The Bertz CT molecular complexity index is 547. The molecule has 1 saturated heterocycles. The maximum atomic E-state index is 11.9. The van der Waals surface area contributed by atoms with Gasteiger partial charge in [-0.2, -0.15) is 5.26 Å². The van der Waals surface area contributed by atoms with Gasteiger partial charge in [-0.15, -0.1) is 0 Å². The lowest BCUT2D eigenvalue weighted by Crippen LogP contribution is -2.50. The van der Waals surface area contributed by atoms with Gasteiger partial charge in [-0.25, -0.2) is 0 Å². The van der Waals surface area contributed by atoms with Crippen LogP contribution in [-0.2, 0) is 9.59 Å². The fourth-order valence-electron chi connectivity index (χ4n) is 1.97. The van der Waals surface area contributed by atoms with Crippen molar-refractivity contribution in [2.75, 3.05) is 38.5 Å². The number of hydrogen-bond acceptors (Lipinski definition) is 4. The summed E-state index contributed by atoms with van der Waals surface area (Å²) in [5, 5.41) is 11.4. The Hall–Kier alpha value is -2.39. The van der Waals surface area contributed by atoms with Crippen LogP contribution in [0.1, 0.15) is 5.56 Å². The number of nitrogens with one attached hydrogen (secondary N) is 1. The Morgan fingerprint density at radius 2 is 2.05 bits per heavy atom. The van der Waals surface area contributed by atoms with Crippen molar-refractivity contribution in [3.63, 3.8) is 0 Å². The van der Waals surface area contributed by atoms with E-state index in [0.29, 0.717) is 24.3 Å². The van der Waals surface area contributed by atoms with E-state index < -0.39 is 0 Å². The summed E-state index contributed by atoms with van der Waals surface area (Å²) >= 11 is 0. The molecule has 1 N–H and O–H groups in total. The molecule has 2 amide bonds. The van der Waals surface area contributed by atoms with E-state index in [1.165, 1.54) is 0 Å². The molecule has 6 heteroatoms. The Morgan fingerprint density at radius 1 is 1.35 bits per heavy atom. The first-order valence-corrected chi connectivity index (χ1v) is 6.35. The fourth-order valence-corrected chi connectivity index (χ4v) is 1.97. The van der Waals surface area contributed by atoms with Crippen molar-refractivity contribution in [3.05, 3.63) is 29.8 Å². The summed E-state index contributed by atoms with van der Waals surface area (Å²) in [6, 6.07) is 8.69. The smallest absolute Gasteiger partial charge is 0.238 e. The van der Waals surface area contributed by atoms with Gasteiger partial charge in [0, 0.05) is 25.8 Å². The number of piperazine rings is 1. The first-order valence-electron chi connectivity index (χ1n) is 6.35. The van der Waals surface area contributed by atoms with E-state index in [9.17, 15) is 9.59 Å². The molecule has 0 unspecified atom stereocenters. The SMILES string of the molecule is CN1CCN(CC(=O)Nc2ccc(C#N)cc2)CC1=O. The largest absolute Gasteiger partial charge is 0.343 e. The van der Waals surface area contributed by atoms with E-state index in [0.717, 1.165) is 0 Å². The highest BCUT2D eigenvalue weighted by atomic mass is 16.2. The number of nitrogens with zero attached hydrogens (tertiary/aromatic N) is 3. The second-order valence-corrected chi connectivity index (χ2v) is 4.76. The van der Waals surface area contributed by atoms with E-state index in [4.69, 9.17) is 5.26 Å². The molecule has 0 spiro atoms. The second-order valence-electron chi connectivity index (χ2n) is 4.76. The van der Waals surface area contributed by atoms with Crippen LogP contribution in [0.4, 0.5) is 5.69 Å². The molecular formula is C14H16N4O2. The van der Waals surface area contributed by atoms with Crippen molar-refractivity contribution >= 4 is 17.5 Å². The lowest BCUT2D eigenvalue weighted by atomic mass is 10.2. The highest BCUT2D eigenvalue weighted by Crippen LogP contribution is 2.09. The Balaban J connectivity index is 1.86. The summed E-state index contributed by atoms with van der Waals surface area (Å²) in [6.07, 6.45) is 0. The third kappa shape index (κ3) is 3.56. The first kappa shape index (κ1) is 14.0. The molecule has 6 nitrogen and oxygen atoms in total. The number of amides is 2. The zero-order valence-electron chi connectivity index (χ0n) is 11.3. The summed E-state index contributed by atoms with van der Waals surface area (Å²) in [5.74, 6) is -0.130. The van der Waals surface area contributed by atoms with Crippen LogP contribution >= 0.6 is 0 Å². The van der Waals surface area contributed by atoms with Crippen molar-refractivity contribution in [1.82, 2.24) is 9.80 Å². The topological polar surface area (TPSA) is 76.4 Å². The zero-order valence-corrected chi connectivity index (χ0v) is 11.3. The maximum absolute atomic E-state index is 11.9. The van der Waals surface area contributed by atoms with E-state index in [1.807, 2.05) is 11.0 Å². The van der Waals surface area contributed by atoms with Crippen molar-refractivity contribution in [2.45, 2.75) is 0 Å². The summed E-state index contributed by atoms with van der Waals surface area (Å²) in [4.78, 5) is 26.9. The minimum Gasteiger partial charge on any atom is -0.343 e. The van der Waals surface area contributed by atoms with Crippen molar-refractivity contribution in [3.8, 4) is 6.07 Å². The van der Waals surface area contributed by atoms with Gasteiger partial charge in [-0.3, -0.25) is 14.5 Å². The average Bonchev–Trinajstić information content (AvgIpc) is 2.44. The van der Waals surface area contributed by atoms with Crippen molar-refractivity contribution < 1.29 is 9.59 Å². The molecule has 1 aromatic rings. The number of rotatable bonds is 3. The third-order valence-corrected chi connectivity index (χ3v) is 3.20. The van der Waals surface area contributed by atoms with Gasteiger partial charge in [-0.1, -0.05) is 0 Å². The normalized spacial score (nSPS) is 15.8. The molecule has 0 aliphatic carbocycles. The molecular weight excluding hydrogens is 256 g/mol. The van der Waals surface area contributed by atoms with Crippen LogP contribution in [0.15, 0.2) is 24.3 Å². The molecule has 1 aliphatic heterocycles. The van der Waals surface area contributed by atoms with Crippen molar-refractivity contribution in [2.24, 2.45) is 0 Å². The molecule has 2 rings (SSSR count). The zero-order chi connectivity index (χ0) is 14.5. The number of carbonyl (C=O) groups excluding carboxylic acids is 2. The lowest BCUT2D eigenvalue weighted by molar-refractivity contribution is -0.135. The maximum Gasteiger partial charge on any atom is 0.238 e. The van der Waals surface area contributed by atoms with E-state index in [-0.39, 0.29) is 24.9 Å². The summed E-state index contributed by atoms with van der Waals surface area (Å²) in [5.41, 5.74) is 1.20. The predicted molar refractivity (Wildman–Crippen MR) is 73.9 cm³/mol. The average molecular weight is 272 g/mol. The van der Waals surface area contributed by atoms with Crippen LogP contribution < -0.4 is 5.32 Å². The summed E-state index contributed by atoms with van der Waals surface area (Å²) in [7, 11) is 1.76. The van der Waals surface area contributed by atoms with Gasteiger partial charge in [0.15, 0.2) is 0 Å². The quantitative estimate of drug-likeness (QED) is 0.857. The van der Waals surface area contributed by atoms with Gasteiger partial charge in [0.1, 0.15) is 0 Å². The molecule has 1 heterocycles. The molecule has 0 atom stereocenters. The molecule has 0 saturated carbocycles. The Kier molecular flexibility index (Phi) is 4.33. The Morgan fingerprint density at radius 3 is 2.65 bits per heavy atom. The molecule has 0 aromatic heterocycles. The van der Waals surface area contributed by atoms with Crippen LogP contribution in [0.5, 0.6) is 0 Å². The van der Waals surface area contributed by atoms with Gasteiger partial charge >= 0.3 is 0 Å². The highest BCUT2D eigenvalue weighted by Gasteiger charge is 2.22. The predicted octanol–water partition coefficient (Wildman–Crippen LogP) is 0.271. The van der Waals surface area contributed by atoms with Gasteiger partial charge in [0.2, 0.25) is 11.8 Å². The number of anilines is 1. The second kappa shape index (κ2) is 6.17. The molecule has 0 bridgehead atoms. The minimum absolute atomic E-state index is 0.0300. The molecule has 1 fully saturated rings. The van der Waals surface area contributed by atoms with Gasteiger partial charge in [-0.05, 0) is 24.3 Å². The molecule has 0 radical (unpaired) electrons. The van der Waals surface area contributed by atoms with E-state index in [2.05, 4.69) is 5.32 Å². The molecule has 1 aliphatic rings. The minimum atomic E-state index is -0.160. The van der Waals surface area contributed by atoms with Gasteiger partial charge in [0.05, 0.1) is 24.7 Å². The summed E-state index contributed by atoms with van der Waals surface area (Å²) < 4.78 is 0. The van der Waals surface area contributed by atoms with Crippen LogP contribution in [0.25, 0.3) is 0 Å². The lowest BCUT2D eigenvalue weighted by Gasteiger charge is -2.31. The van der Waals surface area contributed by atoms with E-state index >= 15 is 0 Å². The van der Waals surface area contributed by atoms with Crippen molar-refractivity contribution in [1.29, 1.82) is 5.26 Å². The van der Waals surface area contributed by atoms with E-state index in [1.54, 1.807) is 36.2 Å². The Labute approximate surface area is 117 Å². The molecule has 20 heavy (non-hydrogen) atoms. The van der Waals surface area contributed by atoms with Gasteiger partial charge in [0.25, 0.3) is 0 Å². The number of likely N-dealkylation sites (N-methyl/N-ethyl adjacent to an activating group) is 1. The van der Waals surface area contributed by atoms with Crippen LogP contribution in [0.3, 0.4) is 0 Å².